The van der Waals surface area contributed by atoms with E-state index in [1.165, 1.54) is 0 Å². The average molecular weight is 327 g/mol. The SMILES string of the molecule is COc1cccc(-c2nc(-c3cnccn3)nn2COCCO)c1. The summed E-state index contributed by atoms with van der Waals surface area (Å²) < 4.78 is 12.3. The van der Waals surface area contributed by atoms with Gasteiger partial charge in [-0.15, -0.1) is 5.10 Å². The second kappa shape index (κ2) is 7.62. The molecule has 0 fully saturated rings. The summed E-state index contributed by atoms with van der Waals surface area (Å²) in [7, 11) is 1.61. The molecule has 2 aromatic heterocycles. The number of aromatic nitrogens is 5. The van der Waals surface area contributed by atoms with Crippen molar-refractivity contribution in [1.82, 2.24) is 24.7 Å². The molecule has 8 heteroatoms. The second-order valence-electron chi connectivity index (χ2n) is 4.84. The van der Waals surface area contributed by atoms with Crippen LogP contribution in [0.2, 0.25) is 0 Å². The molecular formula is C16H17N5O3. The zero-order valence-corrected chi connectivity index (χ0v) is 13.2. The zero-order chi connectivity index (χ0) is 16.8. The quantitative estimate of drug-likeness (QED) is 0.655. The van der Waals surface area contributed by atoms with E-state index in [0.717, 1.165) is 11.3 Å². The van der Waals surface area contributed by atoms with Gasteiger partial charge in [0.2, 0.25) is 5.82 Å². The van der Waals surface area contributed by atoms with Gasteiger partial charge in [-0.3, -0.25) is 4.98 Å². The third-order valence-corrected chi connectivity index (χ3v) is 3.24. The maximum absolute atomic E-state index is 8.88. The normalized spacial score (nSPS) is 10.8. The van der Waals surface area contributed by atoms with Crippen molar-refractivity contribution in [2.24, 2.45) is 0 Å². The van der Waals surface area contributed by atoms with E-state index >= 15 is 0 Å². The maximum Gasteiger partial charge on any atom is 0.202 e. The van der Waals surface area contributed by atoms with Crippen LogP contribution >= 0.6 is 0 Å². The molecule has 0 aliphatic carbocycles. The van der Waals surface area contributed by atoms with Crippen molar-refractivity contribution in [3.05, 3.63) is 42.9 Å². The minimum absolute atomic E-state index is 0.0553. The summed E-state index contributed by atoms with van der Waals surface area (Å²) >= 11 is 0. The van der Waals surface area contributed by atoms with Crippen LogP contribution in [0.1, 0.15) is 0 Å². The fraction of sp³-hybridized carbons (Fsp3) is 0.250. The molecule has 0 unspecified atom stereocenters. The molecule has 3 rings (SSSR count). The average Bonchev–Trinajstić information content (AvgIpc) is 3.07. The Morgan fingerprint density at radius 3 is 2.92 bits per heavy atom. The molecule has 0 spiro atoms. The van der Waals surface area contributed by atoms with Crippen LogP contribution in [0.4, 0.5) is 0 Å². The van der Waals surface area contributed by atoms with E-state index in [4.69, 9.17) is 14.6 Å². The molecule has 0 amide bonds. The molecule has 0 radical (unpaired) electrons. The zero-order valence-electron chi connectivity index (χ0n) is 13.2. The van der Waals surface area contributed by atoms with Gasteiger partial charge in [-0.1, -0.05) is 12.1 Å². The monoisotopic (exact) mass is 327 g/mol. The standard InChI is InChI=1S/C16H17N5O3/c1-23-13-4-2-3-12(9-13)16-19-15(14-10-17-5-6-18-14)20-21(16)11-24-8-7-22/h2-6,9-10,22H,7-8,11H2,1H3. The Bertz CT molecular complexity index is 791. The van der Waals surface area contributed by atoms with Crippen LogP contribution in [-0.4, -0.2) is 50.2 Å². The number of ether oxygens (including phenoxy) is 2. The first-order valence-corrected chi connectivity index (χ1v) is 7.36. The van der Waals surface area contributed by atoms with Gasteiger partial charge in [-0.2, -0.15) is 0 Å². The number of hydrogen-bond acceptors (Lipinski definition) is 7. The Morgan fingerprint density at radius 2 is 2.17 bits per heavy atom. The molecular weight excluding hydrogens is 310 g/mol. The molecule has 124 valence electrons. The molecule has 0 saturated heterocycles. The number of aliphatic hydroxyl groups excluding tert-OH is 1. The van der Waals surface area contributed by atoms with Crippen LogP contribution in [0.3, 0.4) is 0 Å². The van der Waals surface area contributed by atoms with Crippen molar-refractivity contribution in [3.8, 4) is 28.7 Å². The Morgan fingerprint density at radius 1 is 1.25 bits per heavy atom. The van der Waals surface area contributed by atoms with E-state index in [2.05, 4.69) is 20.1 Å². The number of benzene rings is 1. The van der Waals surface area contributed by atoms with Gasteiger partial charge in [0.15, 0.2) is 5.82 Å². The Labute approximate surface area is 138 Å². The fourth-order valence-corrected chi connectivity index (χ4v) is 2.15. The topological polar surface area (TPSA) is 95.2 Å². The molecule has 1 N–H and O–H groups in total. The fourth-order valence-electron chi connectivity index (χ4n) is 2.15. The summed E-state index contributed by atoms with van der Waals surface area (Å²) in [6, 6.07) is 7.52. The lowest BCUT2D eigenvalue weighted by atomic mass is 10.2. The maximum atomic E-state index is 8.88. The van der Waals surface area contributed by atoms with Gasteiger partial charge in [0.1, 0.15) is 18.2 Å². The summed E-state index contributed by atoms with van der Waals surface area (Å²) in [6.07, 6.45) is 4.78. The van der Waals surface area contributed by atoms with Crippen molar-refractivity contribution in [1.29, 1.82) is 0 Å². The predicted molar refractivity (Wildman–Crippen MR) is 86.1 cm³/mol. The van der Waals surface area contributed by atoms with Crippen molar-refractivity contribution in [3.63, 3.8) is 0 Å². The molecule has 0 aliphatic rings. The van der Waals surface area contributed by atoms with Crippen LogP contribution in [0.5, 0.6) is 5.75 Å². The lowest BCUT2D eigenvalue weighted by Crippen LogP contribution is -2.09. The van der Waals surface area contributed by atoms with Crippen molar-refractivity contribution in [2.45, 2.75) is 6.73 Å². The summed E-state index contributed by atoms with van der Waals surface area (Å²) in [5, 5.41) is 13.3. The molecule has 0 bridgehead atoms. The summed E-state index contributed by atoms with van der Waals surface area (Å²) in [5.41, 5.74) is 1.41. The third-order valence-electron chi connectivity index (χ3n) is 3.24. The Hall–Kier alpha value is -2.84. The van der Waals surface area contributed by atoms with E-state index in [1.807, 2.05) is 24.3 Å². The summed E-state index contributed by atoms with van der Waals surface area (Å²) in [5.74, 6) is 1.79. The van der Waals surface area contributed by atoms with Crippen LogP contribution < -0.4 is 4.74 Å². The first-order chi connectivity index (χ1) is 11.8. The number of methoxy groups -OCH3 is 1. The number of aliphatic hydroxyl groups is 1. The van der Waals surface area contributed by atoms with E-state index in [9.17, 15) is 0 Å². The Balaban J connectivity index is 2.00. The first-order valence-electron chi connectivity index (χ1n) is 7.36. The van der Waals surface area contributed by atoms with Gasteiger partial charge in [-0.05, 0) is 12.1 Å². The van der Waals surface area contributed by atoms with Crippen molar-refractivity contribution in [2.75, 3.05) is 20.3 Å². The lowest BCUT2D eigenvalue weighted by Gasteiger charge is -2.07. The van der Waals surface area contributed by atoms with Crippen LogP contribution in [0.25, 0.3) is 22.9 Å². The van der Waals surface area contributed by atoms with Gasteiger partial charge >= 0.3 is 0 Å². The minimum atomic E-state index is -0.0553. The van der Waals surface area contributed by atoms with Crippen molar-refractivity contribution >= 4 is 0 Å². The minimum Gasteiger partial charge on any atom is -0.497 e. The van der Waals surface area contributed by atoms with Crippen LogP contribution in [0, 0.1) is 0 Å². The summed E-state index contributed by atoms with van der Waals surface area (Å²) in [4.78, 5) is 12.8. The van der Waals surface area contributed by atoms with E-state index in [0.29, 0.717) is 17.3 Å². The molecule has 0 atom stereocenters. The lowest BCUT2D eigenvalue weighted by molar-refractivity contribution is 0.0428. The van der Waals surface area contributed by atoms with Crippen LogP contribution in [0.15, 0.2) is 42.9 Å². The first kappa shape index (κ1) is 16.0. The molecule has 1 aromatic carbocycles. The van der Waals surface area contributed by atoms with Gasteiger partial charge in [0, 0.05) is 18.0 Å². The highest BCUT2D eigenvalue weighted by Crippen LogP contribution is 2.24. The molecule has 8 nitrogen and oxygen atoms in total. The smallest absolute Gasteiger partial charge is 0.202 e. The highest BCUT2D eigenvalue weighted by molar-refractivity contribution is 5.61. The predicted octanol–water partition coefficient (Wildman–Crippen LogP) is 1.38. The van der Waals surface area contributed by atoms with Gasteiger partial charge in [-0.25, -0.2) is 14.6 Å². The summed E-state index contributed by atoms with van der Waals surface area (Å²) in [6.45, 7) is 0.332. The second-order valence-corrected chi connectivity index (χ2v) is 4.84. The highest BCUT2D eigenvalue weighted by Gasteiger charge is 2.15. The number of rotatable bonds is 7. The molecule has 0 saturated carbocycles. The number of nitrogens with zero attached hydrogens (tertiary/aromatic N) is 5. The number of hydrogen-bond donors (Lipinski definition) is 1. The van der Waals surface area contributed by atoms with E-state index < -0.39 is 0 Å². The van der Waals surface area contributed by atoms with Gasteiger partial charge < -0.3 is 14.6 Å². The van der Waals surface area contributed by atoms with Gasteiger partial charge in [0.25, 0.3) is 0 Å². The molecule has 2 heterocycles. The molecule has 0 aliphatic heterocycles. The van der Waals surface area contributed by atoms with Crippen LogP contribution in [-0.2, 0) is 11.5 Å². The third kappa shape index (κ3) is 3.55. The molecule has 24 heavy (non-hydrogen) atoms. The van der Waals surface area contributed by atoms with Gasteiger partial charge in [0.05, 0.1) is 26.5 Å². The van der Waals surface area contributed by atoms with E-state index in [1.54, 1.807) is 30.4 Å². The highest BCUT2D eigenvalue weighted by atomic mass is 16.5. The Kier molecular flexibility index (Phi) is 5.09. The largest absolute Gasteiger partial charge is 0.497 e. The van der Waals surface area contributed by atoms with E-state index in [-0.39, 0.29) is 19.9 Å². The van der Waals surface area contributed by atoms with Crippen molar-refractivity contribution < 1.29 is 14.6 Å². The molecule has 3 aromatic rings.